The van der Waals surface area contributed by atoms with Gasteiger partial charge in [0.25, 0.3) is 0 Å². The van der Waals surface area contributed by atoms with Crippen LogP contribution in [-0.4, -0.2) is 24.3 Å². The second-order valence-corrected chi connectivity index (χ2v) is 4.53. The van der Waals surface area contributed by atoms with E-state index in [0.717, 1.165) is 18.8 Å². The van der Waals surface area contributed by atoms with Gasteiger partial charge >= 0.3 is 0 Å². The van der Waals surface area contributed by atoms with E-state index in [4.69, 9.17) is 0 Å². The lowest BCUT2D eigenvalue weighted by Gasteiger charge is -2.15. The van der Waals surface area contributed by atoms with Gasteiger partial charge in [-0.15, -0.1) is 0 Å². The number of rotatable bonds is 2. The van der Waals surface area contributed by atoms with Crippen molar-refractivity contribution in [1.29, 1.82) is 0 Å². The highest BCUT2D eigenvalue weighted by Gasteiger charge is 2.04. The highest BCUT2D eigenvalue weighted by molar-refractivity contribution is 5.61. The van der Waals surface area contributed by atoms with Gasteiger partial charge in [-0.3, -0.25) is 0 Å². The highest BCUT2D eigenvalue weighted by Crippen LogP contribution is 2.14. The van der Waals surface area contributed by atoms with Crippen molar-refractivity contribution in [3.63, 3.8) is 0 Å². The van der Waals surface area contributed by atoms with Gasteiger partial charge in [0.1, 0.15) is 0 Å². The van der Waals surface area contributed by atoms with Gasteiger partial charge in [-0.25, -0.2) is 4.99 Å². The minimum Gasteiger partial charge on any atom is -0.363 e. The summed E-state index contributed by atoms with van der Waals surface area (Å²) >= 11 is 0. The van der Waals surface area contributed by atoms with E-state index in [-0.39, 0.29) is 0 Å². The Balaban J connectivity index is 1.97. The second kappa shape index (κ2) is 5.69. The van der Waals surface area contributed by atoms with Crippen molar-refractivity contribution < 1.29 is 0 Å². The maximum atomic E-state index is 4.53. The lowest BCUT2D eigenvalue weighted by atomic mass is 10.2. The standard InChI is InChI=1S/C14H20N2/c1-13-7-6-8-14(11-13)15-12-16-9-4-2-3-5-10-16/h6-8,11-12H,2-5,9-10H2,1H3. The van der Waals surface area contributed by atoms with Gasteiger partial charge in [0.15, 0.2) is 0 Å². The summed E-state index contributed by atoms with van der Waals surface area (Å²) in [6, 6.07) is 8.34. The van der Waals surface area contributed by atoms with Crippen molar-refractivity contribution in [2.75, 3.05) is 13.1 Å². The first kappa shape index (κ1) is 11.2. The number of hydrogen-bond acceptors (Lipinski definition) is 1. The predicted octanol–water partition coefficient (Wildman–Crippen LogP) is 3.53. The molecule has 0 bridgehead atoms. The predicted molar refractivity (Wildman–Crippen MR) is 69.4 cm³/mol. The first-order valence-corrected chi connectivity index (χ1v) is 6.19. The van der Waals surface area contributed by atoms with Gasteiger partial charge in [0, 0.05) is 13.1 Å². The Hall–Kier alpha value is -1.31. The van der Waals surface area contributed by atoms with Gasteiger partial charge in [0.2, 0.25) is 0 Å². The first-order chi connectivity index (χ1) is 7.84. The number of aryl methyl sites for hydroxylation is 1. The topological polar surface area (TPSA) is 15.6 Å². The average Bonchev–Trinajstić information content (AvgIpc) is 2.55. The Kier molecular flexibility index (Phi) is 3.97. The fourth-order valence-electron chi connectivity index (χ4n) is 2.07. The minimum atomic E-state index is 1.06. The van der Waals surface area contributed by atoms with Crippen LogP contribution in [0.5, 0.6) is 0 Å². The third-order valence-electron chi connectivity index (χ3n) is 3.01. The molecule has 1 heterocycles. The number of aliphatic imine (C=N–C) groups is 1. The molecule has 16 heavy (non-hydrogen) atoms. The summed E-state index contributed by atoms with van der Waals surface area (Å²) in [5, 5.41) is 0. The number of likely N-dealkylation sites (tertiary alicyclic amines) is 1. The Labute approximate surface area is 98.0 Å². The second-order valence-electron chi connectivity index (χ2n) is 4.53. The lowest BCUT2D eigenvalue weighted by molar-refractivity contribution is 0.448. The van der Waals surface area contributed by atoms with Crippen LogP contribution in [-0.2, 0) is 0 Å². The molecule has 2 nitrogen and oxygen atoms in total. The molecule has 1 aromatic rings. The van der Waals surface area contributed by atoms with E-state index in [0.29, 0.717) is 0 Å². The Bertz CT molecular complexity index is 350. The molecule has 1 fully saturated rings. The third-order valence-corrected chi connectivity index (χ3v) is 3.01. The molecule has 0 spiro atoms. The van der Waals surface area contributed by atoms with Crippen LogP contribution in [0.25, 0.3) is 0 Å². The Morgan fingerprint density at radius 3 is 2.56 bits per heavy atom. The maximum Gasteiger partial charge on any atom is 0.0912 e. The molecule has 1 saturated heterocycles. The van der Waals surface area contributed by atoms with Crippen LogP contribution in [0.4, 0.5) is 5.69 Å². The van der Waals surface area contributed by atoms with E-state index in [1.54, 1.807) is 0 Å². The third kappa shape index (κ3) is 3.37. The summed E-state index contributed by atoms with van der Waals surface area (Å²) < 4.78 is 0. The van der Waals surface area contributed by atoms with Crippen LogP contribution in [0.1, 0.15) is 31.2 Å². The highest BCUT2D eigenvalue weighted by atomic mass is 15.1. The van der Waals surface area contributed by atoms with Crippen molar-refractivity contribution >= 4 is 12.0 Å². The van der Waals surface area contributed by atoms with Crippen molar-refractivity contribution in [2.24, 2.45) is 4.99 Å². The lowest BCUT2D eigenvalue weighted by Crippen LogP contribution is -2.22. The summed E-state index contributed by atoms with van der Waals surface area (Å²) in [7, 11) is 0. The van der Waals surface area contributed by atoms with E-state index in [1.807, 2.05) is 6.34 Å². The van der Waals surface area contributed by atoms with Crippen molar-refractivity contribution in [1.82, 2.24) is 4.90 Å². The molecule has 0 radical (unpaired) electrons. The molecule has 1 aromatic carbocycles. The molecule has 86 valence electrons. The van der Waals surface area contributed by atoms with Gasteiger partial charge < -0.3 is 4.90 Å². The summed E-state index contributed by atoms with van der Waals surface area (Å²) in [5.74, 6) is 0. The van der Waals surface area contributed by atoms with Gasteiger partial charge in [-0.05, 0) is 37.5 Å². The summed E-state index contributed by atoms with van der Waals surface area (Å²) in [4.78, 5) is 6.88. The van der Waals surface area contributed by atoms with E-state index >= 15 is 0 Å². The van der Waals surface area contributed by atoms with Crippen molar-refractivity contribution in [3.8, 4) is 0 Å². The van der Waals surface area contributed by atoms with E-state index in [1.165, 1.54) is 31.2 Å². The molecule has 0 aromatic heterocycles. The van der Waals surface area contributed by atoms with E-state index in [2.05, 4.69) is 41.1 Å². The molecule has 1 aliphatic rings. The molecular formula is C14H20N2. The van der Waals surface area contributed by atoms with Crippen LogP contribution in [0, 0.1) is 6.92 Å². The zero-order chi connectivity index (χ0) is 11.2. The molecule has 1 aliphatic heterocycles. The normalized spacial score (nSPS) is 17.7. The van der Waals surface area contributed by atoms with Crippen LogP contribution in [0.3, 0.4) is 0 Å². The Morgan fingerprint density at radius 1 is 1.12 bits per heavy atom. The molecule has 0 unspecified atom stereocenters. The number of benzene rings is 1. The van der Waals surface area contributed by atoms with Crippen LogP contribution >= 0.6 is 0 Å². The summed E-state index contributed by atoms with van der Waals surface area (Å²) in [6.45, 7) is 4.43. The smallest absolute Gasteiger partial charge is 0.0912 e. The zero-order valence-electron chi connectivity index (χ0n) is 10.0. The van der Waals surface area contributed by atoms with Crippen molar-refractivity contribution in [2.45, 2.75) is 32.6 Å². The SMILES string of the molecule is Cc1cccc(N=CN2CCCCCC2)c1. The fourth-order valence-corrected chi connectivity index (χ4v) is 2.07. The van der Waals surface area contributed by atoms with Gasteiger partial charge in [-0.2, -0.15) is 0 Å². The van der Waals surface area contributed by atoms with Crippen molar-refractivity contribution in [3.05, 3.63) is 29.8 Å². The van der Waals surface area contributed by atoms with Gasteiger partial charge in [0.05, 0.1) is 12.0 Å². The average molecular weight is 216 g/mol. The fraction of sp³-hybridized carbons (Fsp3) is 0.500. The molecule has 0 N–H and O–H groups in total. The molecule has 0 aliphatic carbocycles. The summed E-state index contributed by atoms with van der Waals surface area (Å²) in [6.07, 6.45) is 7.36. The van der Waals surface area contributed by atoms with E-state index < -0.39 is 0 Å². The quantitative estimate of drug-likeness (QED) is 0.545. The molecule has 2 heteroatoms. The molecule has 0 amide bonds. The minimum absolute atomic E-state index is 1.06. The monoisotopic (exact) mass is 216 g/mol. The van der Waals surface area contributed by atoms with Crippen LogP contribution in [0.2, 0.25) is 0 Å². The molecule has 0 saturated carbocycles. The maximum absolute atomic E-state index is 4.53. The zero-order valence-corrected chi connectivity index (χ0v) is 10.0. The molecule has 0 atom stereocenters. The number of nitrogens with zero attached hydrogens (tertiary/aromatic N) is 2. The first-order valence-electron chi connectivity index (χ1n) is 6.19. The van der Waals surface area contributed by atoms with Gasteiger partial charge in [-0.1, -0.05) is 25.0 Å². The van der Waals surface area contributed by atoms with Crippen LogP contribution in [0.15, 0.2) is 29.3 Å². The number of hydrogen-bond donors (Lipinski definition) is 0. The largest absolute Gasteiger partial charge is 0.363 e. The van der Waals surface area contributed by atoms with Crippen LogP contribution < -0.4 is 0 Å². The molecule has 2 rings (SSSR count). The van der Waals surface area contributed by atoms with E-state index in [9.17, 15) is 0 Å². The Morgan fingerprint density at radius 2 is 1.88 bits per heavy atom. The summed E-state index contributed by atoms with van der Waals surface area (Å²) in [5.41, 5.74) is 2.33. The molecular weight excluding hydrogens is 196 g/mol.